The lowest BCUT2D eigenvalue weighted by atomic mass is 10.0. The van der Waals surface area contributed by atoms with Crippen LogP contribution in [0.15, 0.2) is 45.1 Å². The molecular formula is C17H16N2O2S3. The second-order valence-corrected chi connectivity index (χ2v) is 8.49. The summed E-state index contributed by atoms with van der Waals surface area (Å²) in [5.41, 5.74) is 2.61. The lowest BCUT2D eigenvalue weighted by molar-refractivity contribution is -0.137. The molecule has 0 fully saturated rings. The van der Waals surface area contributed by atoms with Crippen LogP contribution in [0.4, 0.5) is 0 Å². The number of ether oxygens (including phenoxy) is 1. The average Bonchev–Trinajstić information content (AvgIpc) is 3.06. The number of hydrogen-bond donors (Lipinski definition) is 0. The van der Waals surface area contributed by atoms with Gasteiger partial charge in [-0.25, -0.2) is 0 Å². The van der Waals surface area contributed by atoms with Gasteiger partial charge in [0.25, 0.3) is 0 Å². The van der Waals surface area contributed by atoms with Gasteiger partial charge in [0.2, 0.25) is 0 Å². The molecular weight excluding hydrogens is 360 g/mol. The Morgan fingerprint density at radius 1 is 1.12 bits per heavy atom. The van der Waals surface area contributed by atoms with E-state index in [1.165, 1.54) is 52.1 Å². The van der Waals surface area contributed by atoms with Gasteiger partial charge >= 0.3 is 5.97 Å². The summed E-state index contributed by atoms with van der Waals surface area (Å²) >= 11 is 4.55. The van der Waals surface area contributed by atoms with Crippen molar-refractivity contribution in [3.05, 3.63) is 47.5 Å². The van der Waals surface area contributed by atoms with Gasteiger partial charge in [-0.3, -0.25) is 4.79 Å². The van der Waals surface area contributed by atoms with Crippen LogP contribution in [0.5, 0.6) is 0 Å². The van der Waals surface area contributed by atoms with Crippen molar-refractivity contribution in [2.24, 2.45) is 0 Å². The molecule has 0 aliphatic carbocycles. The Morgan fingerprint density at radius 3 is 2.67 bits per heavy atom. The van der Waals surface area contributed by atoms with Gasteiger partial charge in [0.1, 0.15) is 0 Å². The van der Waals surface area contributed by atoms with E-state index in [1.807, 2.05) is 0 Å². The van der Waals surface area contributed by atoms with Crippen molar-refractivity contribution in [2.75, 3.05) is 12.9 Å². The summed E-state index contributed by atoms with van der Waals surface area (Å²) in [6, 6.07) is 12.7. The maximum atomic E-state index is 11.2. The first-order valence-corrected chi connectivity index (χ1v) is 10.1. The van der Waals surface area contributed by atoms with Crippen LogP contribution in [0.3, 0.4) is 0 Å². The van der Waals surface area contributed by atoms with Gasteiger partial charge in [0, 0.05) is 5.75 Å². The summed E-state index contributed by atoms with van der Waals surface area (Å²) in [7, 11) is 1.39. The van der Waals surface area contributed by atoms with Crippen LogP contribution >= 0.6 is 34.9 Å². The molecule has 3 aromatic rings. The first-order chi connectivity index (χ1) is 11.7. The first-order valence-electron chi connectivity index (χ1n) is 7.30. The zero-order valence-electron chi connectivity index (χ0n) is 13.3. The van der Waals surface area contributed by atoms with Gasteiger partial charge in [0.15, 0.2) is 8.68 Å². The Kier molecular flexibility index (Phi) is 5.76. The molecule has 0 aliphatic rings. The fourth-order valence-corrected chi connectivity index (χ4v) is 5.24. The number of esters is 1. The fraction of sp³-hybridized carbons (Fsp3) is 0.235. The molecule has 0 aliphatic heterocycles. The van der Waals surface area contributed by atoms with E-state index in [-0.39, 0.29) is 11.7 Å². The molecule has 1 aromatic heterocycles. The topological polar surface area (TPSA) is 52.1 Å². The summed E-state index contributed by atoms with van der Waals surface area (Å²) in [6.45, 7) is 2.14. The molecule has 0 amide bonds. The van der Waals surface area contributed by atoms with Crippen molar-refractivity contribution in [3.63, 3.8) is 0 Å². The molecule has 0 atom stereocenters. The van der Waals surface area contributed by atoms with Gasteiger partial charge in [-0.1, -0.05) is 71.3 Å². The lowest BCUT2D eigenvalue weighted by Gasteiger charge is -2.09. The lowest BCUT2D eigenvalue weighted by Crippen LogP contribution is -2.02. The van der Waals surface area contributed by atoms with E-state index in [0.717, 1.165) is 14.4 Å². The Balaban J connectivity index is 1.69. The van der Waals surface area contributed by atoms with Gasteiger partial charge in [-0.05, 0) is 28.8 Å². The van der Waals surface area contributed by atoms with E-state index in [4.69, 9.17) is 0 Å². The van der Waals surface area contributed by atoms with Crippen LogP contribution in [0.25, 0.3) is 10.8 Å². The standard InChI is InChI=1S/C17H16N2O2S3/c1-11-7-8-12-5-3-4-6-13(12)14(11)9-22-16-18-19-17(24-16)23-10-15(20)21-2/h3-8H,9-10H2,1-2H3. The zero-order valence-corrected chi connectivity index (χ0v) is 15.8. The smallest absolute Gasteiger partial charge is 0.316 e. The van der Waals surface area contributed by atoms with Gasteiger partial charge < -0.3 is 4.74 Å². The van der Waals surface area contributed by atoms with Crippen LogP contribution in [0, 0.1) is 6.92 Å². The summed E-state index contributed by atoms with van der Waals surface area (Å²) in [5, 5.41) is 10.9. The Labute approximate surface area is 153 Å². The van der Waals surface area contributed by atoms with E-state index in [0.29, 0.717) is 0 Å². The Morgan fingerprint density at radius 2 is 1.88 bits per heavy atom. The predicted molar refractivity (Wildman–Crippen MR) is 101 cm³/mol. The number of nitrogens with zero attached hydrogens (tertiary/aromatic N) is 2. The summed E-state index contributed by atoms with van der Waals surface area (Å²) < 4.78 is 6.33. The van der Waals surface area contributed by atoms with Crippen molar-refractivity contribution in [2.45, 2.75) is 21.4 Å². The van der Waals surface area contributed by atoms with Crippen LogP contribution in [0.1, 0.15) is 11.1 Å². The van der Waals surface area contributed by atoms with Crippen molar-refractivity contribution >= 4 is 51.6 Å². The molecule has 24 heavy (non-hydrogen) atoms. The first kappa shape index (κ1) is 17.3. The third kappa shape index (κ3) is 4.09. The van der Waals surface area contributed by atoms with Crippen molar-refractivity contribution in [1.29, 1.82) is 0 Å². The monoisotopic (exact) mass is 376 g/mol. The van der Waals surface area contributed by atoms with Crippen molar-refractivity contribution < 1.29 is 9.53 Å². The number of thioether (sulfide) groups is 2. The van der Waals surface area contributed by atoms with Crippen LogP contribution in [-0.2, 0) is 15.3 Å². The second-order valence-electron chi connectivity index (χ2n) is 5.07. The molecule has 3 rings (SSSR count). The van der Waals surface area contributed by atoms with Crippen molar-refractivity contribution in [3.8, 4) is 0 Å². The van der Waals surface area contributed by atoms with Gasteiger partial charge in [0.05, 0.1) is 12.9 Å². The van der Waals surface area contributed by atoms with Crippen LogP contribution < -0.4 is 0 Å². The molecule has 0 saturated carbocycles. The largest absolute Gasteiger partial charge is 0.468 e. The SMILES string of the molecule is COC(=O)CSc1nnc(SCc2c(C)ccc3ccccc23)s1. The molecule has 0 saturated heterocycles. The number of carbonyl (C=O) groups excluding carboxylic acids is 1. The fourth-order valence-electron chi connectivity index (χ4n) is 2.26. The zero-order chi connectivity index (χ0) is 16.9. The number of rotatable bonds is 6. The maximum absolute atomic E-state index is 11.2. The third-order valence-corrected chi connectivity index (χ3v) is 6.73. The van der Waals surface area contributed by atoms with Gasteiger partial charge in [-0.2, -0.15) is 0 Å². The second kappa shape index (κ2) is 8.00. The predicted octanol–water partition coefficient (Wildman–Crippen LogP) is 4.56. The number of hydrogen-bond acceptors (Lipinski definition) is 7. The van der Waals surface area contributed by atoms with Crippen molar-refractivity contribution in [1.82, 2.24) is 10.2 Å². The number of carbonyl (C=O) groups is 1. The van der Waals surface area contributed by atoms with Crippen LogP contribution in [0.2, 0.25) is 0 Å². The average molecular weight is 377 g/mol. The minimum atomic E-state index is -0.254. The highest BCUT2D eigenvalue weighted by atomic mass is 32.2. The minimum absolute atomic E-state index is 0.254. The number of aryl methyl sites for hydroxylation is 1. The highest BCUT2D eigenvalue weighted by Crippen LogP contribution is 2.33. The summed E-state index contributed by atoms with van der Waals surface area (Å²) in [4.78, 5) is 11.2. The molecule has 2 aromatic carbocycles. The molecule has 1 heterocycles. The number of benzene rings is 2. The normalized spacial score (nSPS) is 10.9. The number of methoxy groups -OCH3 is 1. The quantitative estimate of drug-likeness (QED) is 0.464. The number of fused-ring (bicyclic) bond motifs is 1. The molecule has 0 N–H and O–H groups in total. The van der Waals surface area contributed by atoms with E-state index in [2.05, 4.69) is 58.3 Å². The maximum Gasteiger partial charge on any atom is 0.316 e. The van der Waals surface area contributed by atoms with E-state index >= 15 is 0 Å². The Bertz CT molecular complexity index is 864. The van der Waals surface area contributed by atoms with E-state index in [1.54, 1.807) is 11.8 Å². The molecule has 7 heteroatoms. The summed E-state index contributed by atoms with van der Waals surface area (Å²) in [5.74, 6) is 0.859. The molecule has 0 bridgehead atoms. The minimum Gasteiger partial charge on any atom is -0.468 e. The third-order valence-electron chi connectivity index (χ3n) is 3.54. The van der Waals surface area contributed by atoms with Gasteiger partial charge in [-0.15, -0.1) is 10.2 Å². The molecule has 124 valence electrons. The summed E-state index contributed by atoms with van der Waals surface area (Å²) in [6.07, 6.45) is 0. The molecule has 4 nitrogen and oxygen atoms in total. The van der Waals surface area contributed by atoms with E-state index in [9.17, 15) is 4.79 Å². The number of aromatic nitrogens is 2. The highest BCUT2D eigenvalue weighted by Gasteiger charge is 2.10. The Hall–Kier alpha value is -1.57. The highest BCUT2D eigenvalue weighted by molar-refractivity contribution is 8.03. The van der Waals surface area contributed by atoms with E-state index < -0.39 is 0 Å². The molecule has 0 radical (unpaired) electrons. The molecule has 0 unspecified atom stereocenters. The van der Waals surface area contributed by atoms with Crippen LogP contribution in [-0.4, -0.2) is 29.0 Å². The molecule has 0 spiro atoms.